The molecule has 0 amide bonds. The zero-order valence-corrected chi connectivity index (χ0v) is 18.1. The monoisotopic (exact) mass is 387 g/mol. The quantitative estimate of drug-likeness (QED) is 0.705. The van der Waals surface area contributed by atoms with Crippen LogP contribution in [-0.4, -0.2) is 84.3 Å². The standard InChI is InChI=1S/C24H41N3O/c1-21(2)8-16-26-17-18-27(20-24(26)12-19-28)23-10-14-25(15-11-23)13-9-22-6-4-3-5-7-22/h3-7,21,23-24,28H,8-20H2,1-2H3/t24-/m1/s1. The van der Waals surface area contributed by atoms with Crippen LogP contribution in [0.5, 0.6) is 0 Å². The third kappa shape index (κ3) is 6.55. The molecule has 3 rings (SSSR count). The van der Waals surface area contributed by atoms with Crippen molar-refractivity contribution < 1.29 is 5.11 Å². The van der Waals surface area contributed by atoms with E-state index in [9.17, 15) is 5.11 Å². The molecule has 2 fully saturated rings. The second-order valence-electron chi connectivity index (χ2n) is 9.19. The summed E-state index contributed by atoms with van der Waals surface area (Å²) in [5.74, 6) is 0.757. The minimum Gasteiger partial charge on any atom is -0.396 e. The molecule has 0 aliphatic carbocycles. The Morgan fingerprint density at radius 1 is 1.00 bits per heavy atom. The number of rotatable bonds is 9. The third-order valence-corrected chi connectivity index (χ3v) is 6.73. The topological polar surface area (TPSA) is 30.0 Å². The van der Waals surface area contributed by atoms with Gasteiger partial charge in [-0.05, 0) is 63.2 Å². The molecular weight excluding hydrogens is 346 g/mol. The molecule has 1 N–H and O–H groups in total. The second-order valence-corrected chi connectivity index (χ2v) is 9.19. The summed E-state index contributed by atoms with van der Waals surface area (Å²) >= 11 is 0. The van der Waals surface area contributed by atoms with E-state index in [0.29, 0.717) is 12.6 Å². The lowest BCUT2D eigenvalue weighted by Crippen LogP contribution is -2.58. The van der Waals surface area contributed by atoms with Crippen molar-refractivity contribution in [3.8, 4) is 0 Å². The number of aliphatic hydroxyl groups is 1. The van der Waals surface area contributed by atoms with Crippen LogP contribution in [0.2, 0.25) is 0 Å². The maximum atomic E-state index is 9.55. The summed E-state index contributed by atoms with van der Waals surface area (Å²) in [4.78, 5) is 8.02. The largest absolute Gasteiger partial charge is 0.396 e. The summed E-state index contributed by atoms with van der Waals surface area (Å²) in [6.45, 7) is 13.3. The molecule has 1 aromatic rings. The van der Waals surface area contributed by atoms with Gasteiger partial charge in [-0.15, -0.1) is 0 Å². The minimum absolute atomic E-state index is 0.314. The molecule has 0 unspecified atom stereocenters. The zero-order chi connectivity index (χ0) is 19.8. The molecule has 1 aromatic carbocycles. The highest BCUT2D eigenvalue weighted by atomic mass is 16.3. The first-order chi connectivity index (χ1) is 13.7. The van der Waals surface area contributed by atoms with Crippen molar-refractivity contribution in [2.45, 2.75) is 58.0 Å². The van der Waals surface area contributed by atoms with E-state index in [-0.39, 0.29) is 0 Å². The van der Waals surface area contributed by atoms with E-state index in [1.54, 1.807) is 0 Å². The molecule has 158 valence electrons. The normalized spacial score (nSPS) is 23.5. The molecule has 1 atom stereocenters. The minimum atomic E-state index is 0.314. The summed E-state index contributed by atoms with van der Waals surface area (Å²) in [5, 5.41) is 9.55. The number of piperidine rings is 1. The average molecular weight is 388 g/mol. The first-order valence-electron chi connectivity index (χ1n) is 11.5. The Kier molecular flexibility index (Phi) is 8.78. The molecule has 2 aliphatic rings. The summed E-state index contributed by atoms with van der Waals surface area (Å²) in [6, 6.07) is 12.1. The molecule has 0 saturated carbocycles. The van der Waals surface area contributed by atoms with Gasteiger partial charge >= 0.3 is 0 Å². The molecule has 2 saturated heterocycles. The van der Waals surface area contributed by atoms with Crippen LogP contribution in [0.1, 0.15) is 45.1 Å². The van der Waals surface area contributed by atoms with E-state index in [1.165, 1.54) is 70.5 Å². The lowest BCUT2D eigenvalue weighted by Gasteiger charge is -2.46. The number of hydrogen-bond acceptors (Lipinski definition) is 4. The number of hydrogen-bond donors (Lipinski definition) is 1. The zero-order valence-electron chi connectivity index (χ0n) is 18.1. The van der Waals surface area contributed by atoms with E-state index >= 15 is 0 Å². The van der Waals surface area contributed by atoms with Crippen molar-refractivity contribution >= 4 is 0 Å². The van der Waals surface area contributed by atoms with Gasteiger partial charge in [-0.2, -0.15) is 0 Å². The third-order valence-electron chi connectivity index (χ3n) is 6.73. The lowest BCUT2D eigenvalue weighted by atomic mass is 9.98. The highest BCUT2D eigenvalue weighted by molar-refractivity contribution is 5.14. The first kappa shape index (κ1) is 21.8. The maximum Gasteiger partial charge on any atom is 0.0446 e. The van der Waals surface area contributed by atoms with Crippen molar-refractivity contribution in [1.29, 1.82) is 0 Å². The number of aliphatic hydroxyl groups excluding tert-OH is 1. The van der Waals surface area contributed by atoms with Gasteiger partial charge in [0.05, 0.1) is 0 Å². The van der Waals surface area contributed by atoms with Crippen molar-refractivity contribution in [2.24, 2.45) is 5.92 Å². The van der Waals surface area contributed by atoms with Crippen LogP contribution < -0.4 is 0 Å². The number of benzene rings is 1. The molecule has 0 aromatic heterocycles. The molecule has 28 heavy (non-hydrogen) atoms. The van der Waals surface area contributed by atoms with Crippen molar-refractivity contribution in [3.63, 3.8) is 0 Å². The fourth-order valence-corrected chi connectivity index (χ4v) is 4.83. The Hall–Kier alpha value is -0.940. The maximum absolute atomic E-state index is 9.55. The first-order valence-corrected chi connectivity index (χ1v) is 11.5. The van der Waals surface area contributed by atoms with E-state index < -0.39 is 0 Å². The van der Waals surface area contributed by atoms with Gasteiger partial charge in [-0.1, -0.05) is 44.2 Å². The highest BCUT2D eigenvalue weighted by Gasteiger charge is 2.32. The van der Waals surface area contributed by atoms with Crippen LogP contribution in [0.15, 0.2) is 30.3 Å². The van der Waals surface area contributed by atoms with Gasteiger partial charge in [0, 0.05) is 44.9 Å². The fourth-order valence-electron chi connectivity index (χ4n) is 4.83. The van der Waals surface area contributed by atoms with Crippen LogP contribution in [0.25, 0.3) is 0 Å². The molecular formula is C24H41N3O. The molecule has 0 radical (unpaired) electrons. The van der Waals surface area contributed by atoms with E-state index in [2.05, 4.69) is 58.9 Å². The summed E-state index contributed by atoms with van der Waals surface area (Å²) in [7, 11) is 0. The lowest BCUT2D eigenvalue weighted by molar-refractivity contribution is 0.0153. The summed E-state index contributed by atoms with van der Waals surface area (Å²) in [6.07, 6.45) is 5.95. The average Bonchev–Trinajstić information content (AvgIpc) is 2.72. The van der Waals surface area contributed by atoms with Gasteiger partial charge in [-0.25, -0.2) is 0 Å². The highest BCUT2D eigenvalue weighted by Crippen LogP contribution is 2.22. The van der Waals surface area contributed by atoms with Gasteiger partial charge < -0.3 is 10.0 Å². The number of likely N-dealkylation sites (tertiary alicyclic amines) is 1. The smallest absolute Gasteiger partial charge is 0.0446 e. The molecule has 2 aliphatic heterocycles. The molecule has 4 nitrogen and oxygen atoms in total. The van der Waals surface area contributed by atoms with Crippen LogP contribution in [0.3, 0.4) is 0 Å². The molecule has 0 bridgehead atoms. The van der Waals surface area contributed by atoms with Crippen LogP contribution >= 0.6 is 0 Å². The Morgan fingerprint density at radius 2 is 1.75 bits per heavy atom. The Bertz CT molecular complexity index is 542. The van der Waals surface area contributed by atoms with Crippen LogP contribution in [-0.2, 0) is 6.42 Å². The van der Waals surface area contributed by atoms with Gasteiger partial charge in [-0.3, -0.25) is 9.80 Å². The number of piperazine rings is 1. The van der Waals surface area contributed by atoms with Crippen molar-refractivity contribution in [1.82, 2.24) is 14.7 Å². The predicted molar refractivity (Wildman–Crippen MR) is 118 cm³/mol. The Labute approximate surface area is 172 Å². The number of nitrogens with zero attached hydrogens (tertiary/aromatic N) is 3. The van der Waals surface area contributed by atoms with E-state index in [0.717, 1.165) is 24.9 Å². The Morgan fingerprint density at radius 3 is 2.43 bits per heavy atom. The van der Waals surface area contributed by atoms with Crippen molar-refractivity contribution in [3.05, 3.63) is 35.9 Å². The predicted octanol–water partition coefficient (Wildman–Crippen LogP) is 3.11. The summed E-state index contributed by atoms with van der Waals surface area (Å²) < 4.78 is 0. The molecule has 0 spiro atoms. The van der Waals surface area contributed by atoms with Gasteiger partial charge in [0.2, 0.25) is 0 Å². The summed E-state index contributed by atoms with van der Waals surface area (Å²) in [5.41, 5.74) is 1.45. The van der Waals surface area contributed by atoms with Gasteiger partial charge in [0.25, 0.3) is 0 Å². The van der Waals surface area contributed by atoms with Crippen LogP contribution in [0, 0.1) is 5.92 Å². The SMILES string of the molecule is CC(C)CCN1CCN(C2CCN(CCc3ccccc3)CC2)C[C@H]1CCO. The molecule has 4 heteroatoms. The van der Waals surface area contributed by atoms with Gasteiger partial charge in [0.1, 0.15) is 0 Å². The van der Waals surface area contributed by atoms with Crippen LogP contribution in [0.4, 0.5) is 0 Å². The van der Waals surface area contributed by atoms with Crippen molar-refractivity contribution in [2.75, 3.05) is 52.4 Å². The molecule has 2 heterocycles. The second kappa shape index (κ2) is 11.3. The van der Waals surface area contributed by atoms with E-state index in [1.807, 2.05) is 0 Å². The van der Waals surface area contributed by atoms with Gasteiger partial charge in [0.15, 0.2) is 0 Å². The van der Waals surface area contributed by atoms with E-state index in [4.69, 9.17) is 0 Å². The Balaban J connectivity index is 1.42. The fraction of sp³-hybridized carbons (Fsp3) is 0.750.